The largest absolute Gasteiger partial charge is 0.497 e. The molecular formula is C18H21N5O4S. The lowest BCUT2D eigenvalue weighted by Gasteiger charge is -2.09. The van der Waals surface area contributed by atoms with Crippen molar-refractivity contribution in [3.8, 4) is 5.75 Å². The number of rotatable bonds is 7. The predicted molar refractivity (Wildman–Crippen MR) is 106 cm³/mol. The van der Waals surface area contributed by atoms with Gasteiger partial charge in [0.1, 0.15) is 5.75 Å². The van der Waals surface area contributed by atoms with E-state index in [1.807, 2.05) is 35.6 Å². The summed E-state index contributed by atoms with van der Waals surface area (Å²) in [6.07, 6.45) is 0. The van der Waals surface area contributed by atoms with E-state index in [1.54, 1.807) is 7.11 Å². The molecule has 148 valence electrons. The van der Waals surface area contributed by atoms with Crippen molar-refractivity contribution >= 4 is 40.3 Å². The number of hydrogen-bond acceptors (Lipinski definition) is 7. The van der Waals surface area contributed by atoms with E-state index in [9.17, 15) is 9.59 Å². The van der Waals surface area contributed by atoms with Crippen LogP contribution < -0.4 is 15.4 Å². The first-order chi connectivity index (χ1) is 13.5. The fourth-order valence-electron chi connectivity index (χ4n) is 2.73. The Morgan fingerprint density at radius 2 is 2.04 bits per heavy atom. The summed E-state index contributed by atoms with van der Waals surface area (Å²) in [6, 6.07) is 7.17. The fraction of sp³-hybridized carbons (Fsp3) is 0.333. The molecule has 0 aliphatic rings. The van der Waals surface area contributed by atoms with Crippen LogP contribution in [0.25, 0.3) is 16.6 Å². The van der Waals surface area contributed by atoms with Crippen molar-refractivity contribution < 1.29 is 19.1 Å². The number of nitrogens with zero attached hydrogens (tertiary/aromatic N) is 3. The Kier molecular flexibility index (Phi) is 6.32. The number of thioether (sulfide) groups is 1. The number of carbonyl (C=O) groups is 2. The van der Waals surface area contributed by atoms with Crippen LogP contribution in [-0.4, -0.2) is 59.7 Å². The van der Waals surface area contributed by atoms with E-state index < -0.39 is 11.9 Å². The van der Waals surface area contributed by atoms with Gasteiger partial charge in [-0.25, -0.2) is 4.79 Å². The minimum atomic E-state index is -0.556. The highest BCUT2D eigenvalue weighted by Crippen LogP contribution is 2.28. The zero-order valence-corrected chi connectivity index (χ0v) is 16.6. The van der Waals surface area contributed by atoms with Gasteiger partial charge in [-0.1, -0.05) is 11.8 Å². The molecule has 0 radical (unpaired) electrons. The van der Waals surface area contributed by atoms with Crippen molar-refractivity contribution in [2.75, 3.05) is 33.1 Å². The number of imide groups is 1. The molecule has 0 spiro atoms. The van der Waals surface area contributed by atoms with E-state index >= 15 is 0 Å². The predicted octanol–water partition coefficient (Wildman–Crippen LogP) is 1.76. The van der Waals surface area contributed by atoms with Crippen LogP contribution in [0.1, 0.15) is 5.56 Å². The minimum absolute atomic E-state index is 0.0256. The molecule has 0 aliphatic carbocycles. The summed E-state index contributed by atoms with van der Waals surface area (Å²) in [6.45, 7) is 2.70. The van der Waals surface area contributed by atoms with Crippen molar-refractivity contribution in [2.45, 2.75) is 12.1 Å². The second-order valence-corrected chi connectivity index (χ2v) is 6.91. The number of carbonyl (C=O) groups excluding carboxylic acids is 2. The molecule has 9 nitrogen and oxygen atoms in total. The van der Waals surface area contributed by atoms with E-state index in [-0.39, 0.29) is 5.75 Å². The Balaban J connectivity index is 1.77. The van der Waals surface area contributed by atoms with E-state index in [0.29, 0.717) is 24.0 Å². The number of benzene rings is 1. The van der Waals surface area contributed by atoms with Gasteiger partial charge in [0.15, 0.2) is 10.8 Å². The number of aromatic nitrogens is 3. The first-order valence-corrected chi connectivity index (χ1v) is 9.54. The molecule has 0 saturated carbocycles. The average Bonchev–Trinajstić information content (AvgIpc) is 3.09. The van der Waals surface area contributed by atoms with Crippen LogP contribution in [0.5, 0.6) is 5.75 Å². The van der Waals surface area contributed by atoms with Crippen molar-refractivity contribution in [3.63, 3.8) is 0 Å². The Hall–Kier alpha value is -2.85. The molecule has 3 rings (SSSR count). The molecule has 2 N–H and O–H groups in total. The SMILES string of the molecule is COCCNC(=O)NC(=O)CSc1nnc2cc(C)c3ccc(OC)cc3n12. The van der Waals surface area contributed by atoms with Gasteiger partial charge in [-0.3, -0.25) is 14.5 Å². The van der Waals surface area contributed by atoms with Crippen molar-refractivity contribution in [2.24, 2.45) is 0 Å². The summed E-state index contributed by atoms with van der Waals surface area (Å²) >= 11 is 1.20. The molecule has 0 unspecified atom stereocenters. The first-order valence-electron chi connectivity index (χ1n) is 8.55. The average molecular weight is 403 g/mol. The van der Waals surface area contributed by atoms with Gasteiger partial charge in [0, 0.05) is 25.1 Å². The third-order valence-electron chi connectivity index (χ3n) is 4.05. The van der Waals surface area contributed by atoms with Crippen molar-refractivity contribution in [3.05, 3.63) is 29.8 Å². The molecule has 0 atom stereocenters. The standard InChI is InChI=1S/C18H21N5O4S/c1-11-8-15-21-22-18(23(15)14-9-12(27-3)4-5-13(11)14)28-10-16(24)20-17(25)19-6-7-26-2/h4-5,8-9H,6-7,10H2,1-3H3,(H2,19,20,24,25). The Morgan fingerprint density at radius 1 is 1.21 bits per heavy atom. The normalized spacial score (nSPS) is 11.0. The van der Waals surface area contributed by atoms with E-state index in [4.69, 9.17) is 9.47 Å². The van der Waals surface area contributed by atoms with Gasteiger partial charge in [0.2, 0.25) is 5.91 Å². The van der Waals surface area contributed by atoms with Gasteiger partial charge >= 0.3 is 6.03 Å². The van der Waals surface area contributed by atoms with E-state index in [2.05, 4.69) is 20.8 Å². The number of fused-ring (bicyclic) bond motifs is 3. The first kappa shape index (κ1) is 19.9. The summed E-state index contributed by atoms with van der Waals surface area (Å²) in [5.41, 5.74) is 2.64. The van der Waals surface area contributed by atoms with Crippen LogP contribution in [-0.2, 0) is 9.53 Å². The zero-order valence-electron chi connectivity index (χ0n) is 15.8. The number of pyridine rings is 1. The highest BCUT2D eigenvalue weighted by Gasteiger charge is 2.15. The summed E-state index contributed by atoms with van der Waals surface area (Å²) < 4.78 is 12.0. The number of nitrogens with one attached hydrogen (secondary N) is 2. The molecule has 0 aliphatic heterocycles. The lowest BCUT2D eigenvalue weighted by molar-refractivity contribution is -0.117. The van der Waals surface area contributed by atoms with Gasteiger partial charge < -0.3 is 14.8 Å². The number of urea groups is 1. The molecule has 10 heteroatoms. The van der Waals surface area contributed by atoms with Gasteiger partial charge in [0.25, 0.3) is 0 Å². The summed E-state index contributed by atoms with van der Waals surface area (Å²) in [5, 5.41) is 14.8. The second kappa shape index (κ2) is 8.89. The van der Waals surface area contributed by atoms with Crippen molar-refractivity contribution in [1.82, 2.24) is 25.2 Å². The maximum absolute atomic E-state index is 12.0. The smallest absolute Gasteiger partial charge is 0.321 e. The van der Waals surface area contributed by atoms with Crippen LogP contribution in [0.15, 0.2) is 29.4 Å². The summed E-state index contributed by atoms with van der Waals surface area (Å²) in [4.78, 5) is 23.7. The monoisotopic (exact) mass is 403 g/mol. The minimum Gasteiger partial charge on any atom is -0.497 e. The second-order valence-electron chi connectivity index (χ2n) is 5.97. The maximum atomic E-state index is 12.0. The maximum Gasteiger partial charge on any atom is 0.321 e. The quantitative estimate of drug-likeness (QED) is 0.457. The Morgan fingerprint density at radius 3 is 2.79 bits per heavy atom. The molecule has 0 saturated heterocycles. The highest BCUT2D eigenvalue weighted by molar-refractivity contribution is 7.99. The molecule has 0 fully saturated rings. The number of ether oxygens (including phenoxy) is 2. The van der Waals surface area contributed by atoms with Crippen LogP contribution in [0.4, 0.5) is 4.79 Å². The summed E-state index contributed by atoms with van der Waals surface area (Å²) in [7, 11) is 3.14. The van der Waals surface area contributed by atoms with Crippen LogP contribution in [0.2, 0.25) is 0 Å². The van der Waals surface area contributed by atoms with E-state index in [1.165, 1.54) is 18.9 Å². The lowest BCUT2D eigenvalue weighted by atomic mass is 10.1. The molecule has 28 heavy (non-hydrogen) atoms. The third-order valence-corrected chi connectivity index (χ3v) is 4.98. The third kappa shape index (κ3) is 4.34. The van der Waals surface area contributed by atoms with Gasteiger partial charge in [0.05, 0.1) is 25.0 Å². The van der Waals surface area contributed by atoms with Gasteiger partial charge in [-0.05, 0) is 30.7 Å². The van der Waals surface area contributed by atoms with Crippen LogP contribution >= 0.6 is 11.8 Å². The topological polar surface area (TPSA) is 107 Å². The van der Waals surface area contributed by atoms with Crippen molar-refractivity contribution in [1.29, 1.82) is 0 Å². The Labute approximate surface area is 165 Å². The number of amides is 3. The van der Waals surface area contributed by atoms with Crippen LogP contribution in [0.3, 0.4) is 0 Å². The number of hydrogen-bond donors (Lipinski definition) is 2. The molecule has 2 aromatic heterocycles. The van der Waals surface area contributed by atoms with Gasteiger partial charge in [-0.2, -0.15) is 0 Å². The fourth-order valence-corrected chi connectivity index (χ4v) is 3.48. The van der Waals surface area contributed by atoms with E-state index in [0.717, 1.165) is 22.2 Å². The molecule has 3 aromatic rings. The number of methoxy groups -OCH3 is 2. The lowest BCUT2D eigenvalue weighted by Crippen LogP contribution is -2.41. The molecule has 2 heterocycles. The van der Waals surface area contributed by atoms with Gasteiger partial charge in [-0.15, -0.1) is 10.2 Å². The molecule has 0 bridgehead atoms. The zero-order chi connectivity index (χ0) is 20.1. The van der Waals surface area contributed by atoms with Crippen LogP contribution in [0, 0.1) is 6.92 Å². The molecule has 1 aromatic carbocycles. The summed E-state index contributed by atoms with van der Waals surface area (Å²) in [5.74, 6) is 0.317. The highest BCUT2D eigenvalue weighted by atomic mass is 32.2. The number of aryl methyl sites for hydroxylation is 1. The molecule has 3 amide bonds. The molecular weight excluding hydrogens is 382 g/mol. The Bertz CT molecular complexity index is 1020.